The molecular formula is C27H23NO4. The fourth-order valence-electron chi connectivity index (χ4n) is 3.80. The first kappa shape index (κ1) is 21.1. The van der Waals surface area contributed by atoms with Crippen molar-refractivity contribution in [2.45, 2.75) is 12.5 Å². The van der Waals surface area contributed by atoms with E-state index in [1.54, 1.807) is 12.1 Å². The lowest BCUT2D eigenvalue weighted by molar-refractivity contribution is -0.139. The van der Waals surface area contributed by atoms with Gasteiger partial charge in [0.15, 0.2) is 6.61 Å². The zero-order valence-electron chi connectivity index (χ0n) is 17.4. The molecule has 0 aliphatic heterocycles. The van der Waals surface area contributed by atoms with Crippen LogP contribution in [0.5, 0.6) is 5.75 Å². The minimum Gasteiger partial charge on any atom is -0.481 e. The summed E-state index contributed by atoms with van der Waals surface area (Å²) in [7, 11) is 0. The SMILES string of the molecule is O=C(O)COc1cccc2c(CC(=O)NC(c3ccccc3)c3ccccc3)cccc12. The smallest absolute Gasteiger partial charge is 0.341 e. The van der Waals surface area contributed by atoms with Crippen LogP contribution in [-0.2, 0) is 16.0 Å². The average Bonchev–Trinajstić information content (AvgIpc) is 2.82. The van der Waals surface area contributed by atoms with Crippen LogP contribution in [0.25, 0.3) is 10.8 Å². The Labute approximate surface area is 186 Å². The Bertz CT molecular complexity index is 1180. The van der Waals surface area contributed by atoms with E-state index in [4.69, 9.17) is 9.84 Å². The number of fused-ring (bicyclic) bond motifs is 1. The van der Waals surface area contributed by atoms with Gasteiger partial charge in [0.1, 0.15) is 5.75 Å². The molecule has 4 rings (SSSR count). The van der Waals surface area contributed by atoms with Crippen LogP contribution in [0.1, 0.15) is 22.7 Å². The van der Waals surface area contributed by atoms with Crippen molar-refractivity contribution in [3.8, 4) is 5.75 Å². The number of hydrogen-bond acceptors (Lipinski definition) is 3. The van der Waals surface area contributed by atoms with Crippen LogP contribution in [0.15, 0.2) is 97.1 Å². The monoisotopic (exact) mass is 425 g/mol. The Kier molecular flexibility index (Phi) is 6.46. The highest BCUT2D eigenvalue weighted by atomic mass is 16.5. The van der Waals surface area contributed by atoms with Crippen LogP contribution in [-0.4, -0.2) is 23.6 Å². The van der Waals surface area contributed by atoms with Gasteiger partial charge >= 0.3 is 5.97 Å². The Balaban J connectivity index is 1.59. The van der Waals surface area contributed by atoms with Crippen LogP contribution in [0, 0.1) is 0 Å². The summed E-state index contributed by atoms with van der Waals surface area (Å²) in [4.78, 5) is 24.0. The molecule has 0 saturated heterocycles. The molecule has 2 N–H and O–H groups in total. The highest BCUT2D eigenvalue weighted by Crippen LogP contribution is 2.29. The highest BCUT2D eigenvalue weighted by Gasteiger charge is 2.18. The standard InChI is InChI=1S/C27H23NO4/c29-25(28-27(19-9-3-1-4-10-19)20-11-5-2-6-12-20)17-21-13-7-15-23-22(21)14-8-16-24(23)32-18-26(30)31/h1-16,27H,17-18H2,(H,28,29)(H,30,31). The van der Waals surface area contributed by atoms with Crippen molar-refractivity contribution in [2.24, 2.45) is 0 Å². The lowest BCUT2D eigenvalue weighted by atomic mass is 9.97. The number of carboxylic acids is 1. The summed E-state index contributed by atoms with van der Waals surface area (Å²) in [5, 5.41) is 13.7. The quantitative estimate of drug-likeness (QED) is 0.427. The van der Waals surface area contributed by atoms with Gasteiger partial charge in [0.2, 0.25) is 5.91 Å². The van der Waals surface area contributed by atoms with Crippen LogP contribution >= 0.6 is 0 Å². The molecule has 5 nitrogen and oxygen atoms in total. The lowest BCUT2D eigenvalue weighted by Crippen LogP contribution is -2.30. The molecule has 0 atom stereocenters. The van der Waals surface area contributed by atoms with E-state index in [-0.39, 0.29) is 18.4 Å². The Morgan fingerprint density at radius 1 is 0.750 bits per heavy atom. The minimum atomic E-state index is -1.04. The number of ether oxygens (including phenoxy) is 1. The molecule has 5 heteroatoms. The van der Waals surface area contributed by atoms with E-state index in [9.17, 15) is 9.59 Å². The third-order valence-electron chi connectivity index (χ3n) is 5.25. The van der Waals surface area contributed by atoms with Gasteiger partial charge in [-0.2, -0.15) is 0 Å². The summed E-state index contributed by atoms with van der Waals surface area (Å²) in [5.74, 6) is -0.656. The Hall–Kier alpha value is -4.12. The van der Waals surface area contributed by atoms with Crippen LogP contribution < -0.4 is 10.1 Å². The molecule has 0 fully saturated rings. The number of carbonyl (C=O) groups is 2. The molecule has 0 bridgehead atoms. The first-order valence-electron chi connectivity index (χ1n) is 10.4. The van der Waals surface area contributed by atoms with Crippen LogP contribution in [0.4, 0.5) is 0 Å². The number of aliphatic carboxylic acids is 1. The molecular weight excluding hydrogens is 402 g/mol. The van der Waals surface area contributed by atoms with Gasteiger partial charge in [-0.25, -0.2) is 4.79 Å². The molecule has 160 valence electrons. The van der Waals surface area contributed by atoms with Crippen molar-refractivity contribution < 1.29 is 19.4 Å². The second-order valence-corrected chi connectivity index (χ2v) is 7.45. The average molecular weight is 425 g/mol. The molecule has 0 aliphatic rings. The van der Waals surface area contributed by atoms with Crippen LogP contribution in [0.2, 0.25) is 0 Å². The molecule has 0 heterocycles. The van der Waals surface area contributed by atoms with Gasteiger partial charge in [0.05, 0.1) is 12.5 Å². The van der Waals surface area contributed by atoms with Crippen molar-refractivity contribution in [1.82, 2.24) is 5.32 Å². The zero-order valence-corrected chi connectivity index (χ0v) is 17.4. The first-order valence-corrected chi connectivity index (χ1v) is 10.4. The van der Waals surface area contributed by atoms with E-state index in [1.807, 2.05) is 84.9 Å². The van der Waals surface area contributed by atoms with Gasteiger partial charge in [-0.3, -0.25) is 4.79 Å². The van der Waals surface area contributed by atoms with E-state index in [0.717, 1.165) is 27.5 Å². The maximum atomic E-state index is 13.1. The summed E-state index contributed by atoms with van der Waals surface area (Å²) in [5.41, 5.74) is 2.87. The normalized spacial score (nSPS) is 10.8. The van der Waals surface area contributed by atoms with E-state index in [0.29, 0.717) is 5.75 Å². The molecule has 0 unspecified atom stereocenters. The number of hydrogen-bond donors (Lipinski definition) is 2. The van der Waals surface area contributed by atoms with Crippen molar-refractivity contribution in [1.29, 1.82) is 0 Å². The predicted molar refractivity (Wildman–Crippen MR) is 124 cm³/mol. The highest BCUT2D eigenvalue weighted by molar-refractivity contribution is 5.94. The van der Waals surface area contributed by atoms with E-state index >= 15 is 0 Å². The maximum Gasteiger partial charge on any atom is 0.341 e. The minimum absolute atomic E-state index is 0.105. The van der Waals surface area contributed by atoms with E-state index in [2.05, 4.69) is 5.32 Å². The number of benzene rings is 4. The summed E-state index contributed by atoms with van der Waals surface area (Å²) in [6.45, 7) is -0.417. The number of carbonyl (C=O) groups excluding carboxylic acids is 1. The molecule has 1 amide bonds. The number of nitrogens with one attached hydrogen (secondary N) is 1. The summed E-state index contributed by atoms with van der Waals surface area (Å²) in [6, 6.07) is 30.6. The van der Waals surface area contributed by atoms with Crippen LogP contribution in [0.3, 0.4) is 0 Å². The molecule has 0 aliphatic carbocycles. The van der Waals surface area contributed by atoms with Crippen molar-refractivity contribution in [3.05, 3.63) is 114 Å². The second-order valence-electron chi connectivity index (χ2n) is 7.45. The third kappa shape index (κ3) is 4.95. The number of carboxylic acid groups (broad SMARTS) is 1. The van der Waals surface area contributed by atoms with Crippen molar-refractivity contribution in [2.75, 3.05) is 6.61 Å². The lowest BCUT2D eigenvalue weighted by Gasteiger charge is -2.20. The number of rotatable bonds is 8. The maximum absolute atomic E-state index is 13.1. The fourth-order valence-corrected chi connectivity index (χ4v) is 3.80. The van der Waals surface area contributed by atoms with Gasteiger partial charge in [0.25, 0.3) is 0 Å². The molecule has 0 saturated carbocycles. The molecule has 32 heavy (non-hydrogen) atoms. The Morgan fingerprint density at radius 3 is 1.97 bits per heavy atom. The molecule has 0 spiro atoms. The van der Waals surface area contributed by atoms with Crippen molar-refractivity contribution >= 4 is 22.6 Å². The Morgan fingerprint density at radius 2 is 1.34 bits per heavy atom. The van der Waals surface area contributed by atoms with E-state index < -0.39 is 12.6 Å². The molecule has 0 radical (unpaired) electrons. The van der Waals surface area contributed by atoms with Crippen molar-refractivity contribution in [3.63, 3.8) is 0 Å². The number of amides is 1. The second kappa shape index (κ2) is 9.79. The molecule has 4 aromatic rings. The van der Waals surface area contributed by atoms with Gasteiger partial charge in [0, 0.05) is 5.39 Å². The van der Waals surface area contributed by atoms with Gasteiger partial charge in [-0.05, 0) is 28.1 Å². The van der Waals surface area contributed by atoms with E-state index in [1.165, 1.54) is 0 Å². The largest absolute Gasteiger partial charge is 0.481 e. The topological polar surface area (TPSA) is 75.6 Å². The van der Waals surface area contributed by atoms with Gasteiger partial charge in [-0.15, -0.1) is 0 Å². The first-order chi connectivity index (χ1) is 15.6. The van der Waals surface area contributed by atoms with Gasteiger partial charge < -0.3 is 15.2 Å². The third-order valence-corrected chi connectivity index (χ3v) is 5.25. The fraction of sp³-hybridized carbons (Fsp3) is 0.111. The predicted octanol–water partition coefficient (Wildman–Crippen LogP) is 4.75. The summed E-state index contributed by atoms with van der Waals surface area (Å²) >= 11 is 0. The summed E-state index contributed by atoms with van der Waals surface area (Å²) in [6.07, 6.45) is 0.190. The molecule has 4 aromatic carbocycles. The zero-order chi connectivity index (χ0) is 22.3. The van der Waals surface area contributed by atoms with Gasteiger partial charge in [-0.1, -0.05) is 91.0 Å². The summed E-state index contributed by atoms with van der Waals surface area (Å²) < 4.78 is 5.42. The molecule has 0 aromatic heterocycles.